The number of halogens is 8. The van der Waals surface area contributed by atoms with Crippen LogP contribution >= 0.6 is 0 Å². The Bertz CT molecular complexity index is 3580. The molecular weight excluding hydrogens is 1020 g/mol. The summed E-state index contributed by atoms with van der Waals surface area (Å²) in [4.78, 5) is 13.8. The van der Waals surface area contributed by atoms with Gasteiger partial charge in [0.25, 0.3) is 5.91 Å². The fourth-order valence-corrected chi connectivity index (χ4v) is 12.6. The molecule has 1 aliphatic heterocycles. The summed E-state index contributed by atoms with van der Waals surface area (Å²) in [6.45, 7) is 5.34. The van der Waals surface area contributed by atoms with E-state index in [9.17, 15) is 26.7 Å². The van der Waals surface area contributed by atoms with Crippen LogP contribution in [0.1, 0.15) is 133 Å². The second kappa shape index (κ2) is 20.5. The molecule has 1 fully saturated rings. The molecule has 1 saturated carbocycles. The summed E-state index contributed by atoms with van der Waals surface area (Å²) in [6.07, 6.45) is 3.29. The van der Waals surface area contributed by atoms with Crippen LogP contribution in [0.4, 0.5) is 40.8 Å². The van der Waals surface area contributed by atoms with Crippen LogP contribution in [0.3, 0.4) is 0 Å². The number of fused-ring (bicyclic) bond motifs is 8. The SMILES string of the molecule is CCCCCC1CCC(c2ccc(-c3ccc(NC(=O)c4ccc(-c5cc6c7c(c8c(c6cc5OC)OC(c5ccc(F)cc5)(c5ccc(F)cc5)C=C8)C(C)(C)c5c-7cc(C(F)(F)F)cc5C(F)(F)F)cc4)cc3)cc2)CC1. The quantitative estimate of drug-likeness (QED) is 0.0980. The Hall–Kier alpha value is -7.73. The second-order valence-electron chi connectivity index (χ2n) is 21.8. The molecule has 0 unspecified atom stereocenters. The van der Waals surface area contributed by atoms with E-state index in [0.717, 1.165) is 23.1 Å². The van der Waals surface area contributed by atoms with Gasteiger partial charge in [0, 0.05) is 44.3 Å². The average Bonchev–Trinajstić information content (AvgIpc) is 3.95. The topological polar surface area (TPSA) is 47.6 Å². The summed E-state index contributed by atoms with van der Waals surface area (Å²) < 4.78 is 132. The van der Waals surface area contributed by atoms with Crippen LogP contribution in [0.25, 0.3) is 50.2 Å². The number of hydrogen-bond donors (Lipinski definition) is 1. The minimum Gasteiger partial charge on any atom is -0.496 e. The van der Waals surface area contributed by atoms with Gasteiger partial charge >= 0.3 is 12.4 Å². The first-order valence-electron chi connectivity index (χ1n) is 26.9. The third kappa shape index (κ3) is 9.86. The fraction of sp³-hybridized carbons (Fsp3) is 0.269. The van der Waals surface area contributed by atoms with Crippen LogP contribution in [0.15, 0.2) is 152 Å². The van der Waals surface area contributed by atoms with Gasteiger partial charge in [-0.1, -0.05) is 125 Å². The molecule has 2 aliphatic carbocycles. The molecular formula is C67H57F8NO3. The molecule has 4 nitrogen and oxygen atoms in total. The van der Waals surface area contributed by atoms with Gasteiger partial charge in [-0.3, -0.25) is 4.79 Å². The lowest BCUT2D eigenvalue weighted by Crippen LogP contribution is -2.35. The van der Waals surface area contributed by atoms with Gasteiger partial charge in [-0.15, -0.1) is 0 Å². The molecule has 0 bridgehead atoms. The molecule has 0 atom stereocenters. The maximum absolute atomic E-state index is 15.2. The van der Waals surface area contributed by atoms with E-state index in [-0.39, 0.29) is 56.5 Å². The highest BCUT2D eigenvalue weighted by Gasteiger charge is 2.50. The zero-order valence-electron chi connectivity index (χ0n) is 44.1. The zero-order chi connectivity index (χ0) is 55.6. The summed E-state index contributed by atoms with van der Waals surface area (Å²) >= 11 is 0. The van der Waals surface area contributed by atoms with Gasteiger partial charge in [-0.05, 0) is 166 Å². The van der Waals surface area contributed by atoms with Crippen molar-refractivity contribution in [3.63, 3.8) is 0 Å². The van der Waals surface area contributed by atoms with Gasteiger partial charge < -0.3 is 14.8 Å². The molecule has 12 heteroatoms. The predicted molar refractivity (Wildman–Crippen MR) is 295 cm³/mol. The van der Waals surface area contributed by atoms with Crippen LogP contribution in [0, 0.1) is 17.6 Å². The van der Waals surface area contributed by atoms with Crippen LogP contribution < -0.4 is 14.8 Å². The number of methoxy groups -OCH3 is 1. The number of benzene rings is 8. The molecule has 0 saturated heterocycles. The van der Waals surface area contributed by atoms with E-state index in [2.05, 4.69) is 36.5 Å². The number of nitrogens with one attached hydrogen (secondary N) is 1. The summed E-state index contributed by atoms with van der Waals surface area (Å²) in [6, 6.07) is 38.3. The van der Waals surface area contributed by atoms with Crippen molar-refractivity contribution < 1.29 is 49.4 Å². The third-order valence-electron chi connectivity index (χ3n) is 16.6. The van der Waals surface area contributed by atoms with Crippen molar-refractivity contribution >= 4 is 28.4 Å². The first-order valence-corrected chi connectivity index (χ1v) is 26.9. The van der Waals surface area contributed by atoms with Gasteiger partial charge in [0.15, 0.2) is 5.60 Å². The summed E-state index contributed by atoms with van der Waals surface area (Å²) in [5.74, 6) is 0.415. The molecule has 1 N–H and O–H groups in total. The number of carbonyl (C=O) groups is 1. The van der Waals surface area contributed by atoms with Crippen molar-refractivity contribution in [2.45, 2.75) is 101 Å². The Kier molecular flexibility index (Phi) is 13.8. The average molecular weight is 1080 g/mol. The van der Waals surface area contributed by atoms with E-state index in [1.165, 1.54) is 113 Å². The Labute approximate surface area is 454 Å². The van der Waals surface area contributed by atoms with E-state index in [4.69, 9.17) is 9.47 Å². The molecule has 79 heavy (non-hydrogen) atoms. The Morgan fingerprint density at radius 1 is 0.658 bits per heavy atom. The van der Waals surface area contributed by atoms with E-state index in [1.54, 1.807) is 62.4 Å². The van der Waals surface area contributed by atoms with E-state index >= 15 is 13.2 Å². The Morgan fingerprint density at radius 2 is 1.25 bits per heavy atom. The van der Waals surface area contributed by atoms with Crippen LogP contribution in [0.5, 0.6) is 11.5 Å². The van der Waals surface area contributed by atoms with Crippen LogP contribution in [-0.4, -0.2) is 13.0 Å². The summed E-state index contributed by atoms with van der Waals surface area (Å²) in [5, 5.41) is 3.51. The molecule has 0 radical (unpaired) electrons. The smallest absolute Gasteiger partial charge is 0.416 e. The number of hydrogen-bond acceptors (Lipinski definition) is 3. The first-order chi connectivity index (χ1) is 37.8. The minimum absolute atomic E-state index is 0.142. The molecule has 8 aromatic rings. The lowest BCUT2D eigenvalue weighted by atomic mass is 9.75. The molecule has 404 valence electrons. The summed E-state index contributed by atoms with van der Waals surface area (Å²) in [7, 11) is 1.43. The van der Waals surface area contributed by atoms with E-state index < -0.39 is 46.1 Å². The molecule has 11 rings (SSSR count). The predicted octanol–water partition coefficient (Wildman–Crippen LogP) is 19.3. The van der Waals surface area contributed by atoms with Crippen molar-refractivity contribution in [3.05, 3.63) is 213 Å². The van der Waals surface area contributed by atoms with Crippen molar-refractivity contribution in [1.29, 1.82) is 0 Å². The molecule has 8 aromatic carbocycles. The van der Waals surface area contributed by atoms with Crippen molar-refractivity contribution in [3.8, 4) is 44.9 Å². The maximum atomic E-state index is 15.2. The van der Waals surface area contributed by atoms with Crippen molar-refractivity contribution in [2.24, 2.45) is 5.92 Å². The highest BCUT2D eigenvalue weighted by Crippen LogP contribution is 2.62. The lowest BCUT2D eigenvalue weighted by Gasteiger charge is -2.38. The molecule has 1 amide bonds. The van der Waals surface area contributed by atoms with Crippen molar-refractivity contribution in [1.82, 2.24) is 0 Å². The van der Waals surface area contributed by atoms with Crippen LogP contribution in [-0.2, 0) is 23.4 Å². The Balaban J connectivity index is 0.949. The van der Waals surface area contributed by atoms with E-state index in [1.807, 2.05) is 24.3 Å². The highest BCUT2D eigenvalue weighted by atomic mass is 19.4. The van der Waals surface area contributed by atoms with Gasteiger partial charge in [-0.2, -0.15) is 26.3 Å². The largest absolute Gasteiger partial charge is 0.496 e. The van der Waals surface area contributed by atoms with E-state index in [0.29, 0.717) is 45.0 Å². The Morgan fingerprint density at radius 3 is 1.82 bits per heavy atom. The highest BCUT2D eigenvalue weighted by molar-refractivity contribution is 6.11. The normalized spacial score (nSPS) is 17.2. The number of amides is 1. The number of rotatable bonds is 12. The molecule has 0 aromatic heterocycles. The van der Waals surface area contributed by atoms with Gasteiger partial charge in [0.1, 0.15) is 23.1 Å². The zero-order valence-corrected chi connectivity index (χ0v) is 44.1. The molecule has 3 aliphatic rings. The molecule has 1 heterocycles. The monoisotopic (exact) mass is 1080 g/mol. The lowest BCUT2D eigenvalue weighted by molar-refractivity contribution is -0.143. The number of carbonyl (C=O) groups excluding carboxylic acids is 1. The second-order valence-corrected chi connectivity index (χ2v) is 21.8. The van der Waals surface area contributed by atoms with Gasteiger partial charge in [0.2, 0.25) is 0 Å². The molecule has 0 spiro atoms. The number of ether oxygens (including phenoxy) is 2. The van der Waals surface area contributed by atoms with Gasteiger partial charge in [0.05, 0.1) is 18.2 Å². The number of unbranched alkanes of at least 4 members (excludes halogenated alkanes) is 2. The third-order valence-corrected chi connectivity index (χ3v) is 16.6. The number of anilines is 1. The summed E-state index contributed by atoms with van der Waals surface area (Å²) in [5.41, 5.74) is 0.332. The standard InChI is InChI=1S/C67H57F8NO3/c1-5-6-7-8-39-9-11-40(12-10-39)41-13-15-42(16-14-41)43-21-31-51(32-22-43)76-63(77)45-19-17-44(18-20-45)53-37-54-55(38-58(53)78-4)62-52(33-34-65(79-62,46-23-27-49(68)28-24-46)47-25-29-50(69)30-26-47)61-59(54)56-35-48(66(70,71)72)36-57(67(73,74)75)60(56)64(61,2)3/h13-40H,5-12H2,1-4H3,(H,76,77). The van der Waals surface area contributed by atoms with Crippen molar-refractivity contribution in [2.75, 3.05) is 12.4 Å². The van der Waals surface area contributed by atoms with Crippen LogP contribution in [0.2, 0.25) is 0 Å². The number of alkyl halides is 6. The first kappa shape index (κ1) is 53.3. The minimum atomic E-state index is -5.18. The maximum Gasteiger partial charge on any atom is 0.416 e. The fourth-order valence-electron chi connectivity index (χ4n) is 12.6. The van der Waals surface area contributed by atoms with Gasteiger partial charge in [-0.25, -0.2) is 8.78 Å².